The van der Waals surface area contributed by atoms with Crippen LogP contribution < -0.4 is 5.32 Å². The molecule has 2 bridgehead atoms. The molecule has 1 heterocycles. The molecular formula is C24H22N2O. The molecule has 1 atom stereocenters. The van der Waals surface area contributed by atoms with Gasteiger partial charge in [0.2, 0.25) is 5.91 Å². The van der Waals surface area contributed by atoms with Crippen LogP contribution in [-0.2, 0) is 11.3 Å². The molecule has 3 aromatic rings. The monoisotopic (exact) mass is 354 g/mol. The van der Waals surface area contributed by atoms with Crippen LogP contribution in [-0.4, -0.2) is 10.9 Å². The van der Waals surface area contributed by atoms with Crippen LogP contribution in [0.2, 0.25) is 0 Å². The highest BCUT2D eigenvalue weighted by Crippen LogP contribution is 2.60. The first-order valence-corrected chi connectivity index (χ1v) is 9.54. The molecule has 0 saturated carbocycles. The van der Waals surface area contributed by atoms with Gasteiger partial charge in [-0.2, -0.15) is 0 Å². The van der Waals surface area contributed by atoms with Crippen LogP contribution in [0, 0.1) is 5.41 Å². The molecule has 0 fully saturated rings. The zero-order valence-corrected chi connectivity index (χ0v) is 15.4. The summed E-state index contributed by atoms with van der Waals surface area (Å²) in [6.07, 6.45) is 2.61. The second-order valence-electron chi connectivity index (χ2n) is 7.87. The number of carbonyl (C=O) groups excluding carboxylic acids is 1. The lowest BCUT2D eigenvalue weighted by Gasteiger charge is -2.50. The van der Waals surface area contributed by atoms with Gasteiger partial charge in [0, 0.05) is 18.0 Å². The Hall–Kier alpha value is -2.94. The standard InChI is InChI=1S/C24H22N2O/c1-24(23(27)26-15-16-8-6-7-13-25-16)14-21-17-9-2-4-11-19(17)22(24)20-12-5-3-10-18(20)21/h2-13,21-22H,14-15H2,1H3,(H,26,27). The van der Waals surface area contributed by atoms with Gasteiger partial charge >= 0.3 is 0 Å². The summed E-state index contributed by atoms with van der Waals surface area (Å²) in [5.41, 5.74) is 5.82. The number of hydrogen-bond donors (Lipinski definition) is 1. The number of hydrogen-bond acceptors (Lipinski definition) is 2. The average molecular weight is 354 g/mol. The van der Waals surface area contributed by atoms with Crippen LogP contribution in [0.1, 0.15) is 53.1 Å². The van der Waals surface area contributed by atoms with Crippen molar-refractivity contribution in [1.29, 1.82) is 0 Å². The third-order valence-corrected chi connectivity index (χ3v) is 6.31. The number of nitrogens with zero attached hydrogens (tertiary/aromatic N) is 1. The number of pyridine rings is 1. The van der Waals surface area contributed by atoms with Crippen LogP contribution >= 0.6 is 0 Å². The average Bonchev–Trinajstić information content (AvgIpc) is 2.73. The molecule has 1 amide bonds. The first kappa shape index (κ1) is 16.2. The molecule has 27 heavy (non-hydrogen) atoms. The second kappa shape index (κ2) is 6.05. The molecule has 2 aromatic carbocycles. The summed E-state index contributed by atoms with van der Waals surface area (Å²) < 4.78 is 0. The summed E-state index contributed by atoms with van der Waals surface area (Å²) in [7, 11) is 0. The number of carbonyl (C=O) groups is 1. The van der Waals surface area contributed by atoms with Crippen LogP contribution in [0.15, 0.2) is 72.9 Å². The first-order chi connectivity index (χ1) is 13.2. The molecule has 1 unspecified atom stereocenters. The van der Waals surface area contributed by atoms with E-state index in [0.717, 1.165) is 12.1 Å². The van der Waals surface area contributed by atoms with Crippen molar-refractivity contribution in [2.45, 2.75) is 31.7 Å². The lowest BCUT2D eigenvalue weighted by atomic mass is 9.52. The first-order valence-electron chi connectivity index (χ1n) is 9.54. The minimum absolute atomic E-state index is 0.0960. The van der Waals surface area contributed by atoms with Gasteiger partial charge in [-0.25, -0.2) is 0 Å². The van der Waals surface area contributed by atoms with Crippen molar-refractivity contribution in [3.63, 3.8) is 0 Å². The van der Waals surface area contributed by atoms with Crippen molar-refractivity contribution in [3.8, 4) is 0 Å². The highest BCUT2D eigenvalue weighted by Gasteiger charge is 2.53. The normalized spacial score (nSPS) is 24.8. The predicted octanol–water partition coefficient (Wildman–Crippen LogP) is 4.39. The lowest BCUT2D eigenvalue weighted by Crippen LogP contribution is -2.49. The smallest absolute Gasteiger partial charge is 0.227 e. The Labute approximate surface area is 159 Å². The predicted molar refractivity (Wildman–Crippen MR) is 105 cm³/mol. The van der Waals surface area contributed by atoms with E-state index in [9.17, 15) is 4.79 Å². The summed E-state index contributed by atoms with van der Waals surface area (Å²) in [5.74, 6) is 0.499. The van der Waals surface area contributed by atoms with E-state index in [2.05, 4.69) is 65.8 Å². The summed E-state index contributed by atoms with van der Waals surface area (Å²) in [6.45, 7) is 2.60. The van der Waals surface area contributed by atoms with Gasteiger partial charge in [0.15, 0.2) is 0 Å². The zero-order chi connectivity index (χ0) is 18.4. The van der Waals surface area contributed by atoms with Crippen molar-refractivity contribution in [1.82, 2.24) is 10.3 Å². The zero-order valence-electron chi connectivity index (χ0n) is 15.4. The van der Waals surface area contributed by atoms with Gasteiger partial charge in [-0.15, -0.1) is 0 Å². The van der Waals surface area contributed by atoms with E-state index in [1.165, 1.54) is 22.3 Å². The number of aromatic nitrogens is 1. The Kier molecular flexibility index (Phi) is 3.64. The summed E-state index contributed by atoms with van der Waals surface area (Å²) in [4.78, 5) is 17.7. The molecule has 1 N–H and O–H groups in total. The maximum atomic E-state index is 13.4. The quantitative estimate of drug-likeness (QED) is 0.758. The van der Waals surface area contributed by atoms with E-state index >= 15 is 0 Å². The Balaban J connectivity index is 1.53. The molecule has 0 saturated heterocycles. The maximum Gasteiger partial charge on any atom is 0.227 e. The minimum Gasteiger partial charge on any atom is -0.350 e. The lowest BCUT2D eigenvalue weighted by molar-refractivity contribution is -0.132. The molecular weight excluding hydrogens is 332 g/mol. The molecule has 3 nitrogen and oxygen atoms in total. The summed E-state index contributed by atoms with van der Waals surface area (Å²) in [5, 5.41) is 3.15. The van der Waals surface area contributed by atoms with Crippen LogP contribution in [0.25, 0.3) is 0 Å². The molecule has 3 heteroatoms. The fourth-order valence-electron chi connectivity index (χ4n) is 5.06. The van der Waals surface area contributed by atoms with E-state index in [-0.39, 0.29) is 17.7 Å². The fraction of sp³-hybridized carbons (Fsp3) is 0.250. The van der Waals surface area contributed by atoms with Crippen LogP contribution in [0.3, 0.4) is 0 Å². The van der Waals surface area contributed by atoms with Gasteiger partial charge < -0.3 is 5.32 Å². The Morgan fingerprint density at radius 2 is 1.56 bits per heavy atom. The van der Waals surface area contributed by atoms with Gasteiger partial charge in [0.1, 0.15) is 0 Å². The number of rotatable bonds is 3. The number of amides is 1. The van der Waals surface area contributed by atoms with Gasteiger partial charge in [-0.05, 0) is 47.7 Å². The molecule has 0 spiro atoms. The summed E-state index contributed by atoms with van der Waals surface area (Å²) in [6, 6.07) is 23.1. The van der Waals surface area contributed by atoms with E-state index < -0.39 is 5.41 Å². The number of nitrogens with one attached hydrogen (secondary N) is 1. The van der Waals surface area contributed by atoms with Crippen molar-refractivity contribution < 1.29 is 4.79 Å². The highest BCUT2D eigenvalue weighted by atomic mass is 16.2. The highest BCUT2D eigenvalue weighted by molar-refractivity contribution is 5.86. The third kappa shape index (κ3) is 2.42. The summed E-state index contributed by atoms with van der Waals surface area (Å²) >= 11 is 0. The second-order valence-corrected chi connectivity index (χ2v) is 7.87. The minimum atomic E-state index is -0.456. The van der Waals surface area contributed by atoms with Crippen LogP contribution in [0.5, 0.6) is 0 Å². The Morgan fingerprint density at radius 1 is 0.963 bits per heavy atom. The molecule has 0 aliphatic heterocycles. The van der Waals surface area contributed by atoms with Crippen molar-refractivity contribution in [2.75, 3.05) is 0 Å². The molecule has 3 aliphatic carbocycles. The van der Waals surface area contributed by atoms with E-state index in [1.54, 1.807) is 6.20 Å². The van der Waals surface area contributed by atoms with Crippen LogP contribution in [0.4, 0.5) is 0 Å². The van der Waals surface area contributed by atoms with Crippen molar-refractivity contribution in [3.05, 3.63) is 101 Å². The van der Waals surface area contributed by atoms with Gasteiger partial charge in [0.05, 0.1) is 17.7 Å². The fourth-order valence-corrected chi connectivity index (χ4v) is 5.06. The molecule has 3 aliphatic rings. The topological polar surface area (TPSA) is 42.0 Å². The molecule has 6 rings (SSSR count). The van der Waals surface area contributed by atoms with Gasteiger partial charge in [-0.1, -0.05) is 54.6 Å². The molecule has 0 radical (unpaired) electrons. The van der Waals surface area contributed by atoms with E-state index in [4.69, 9.17) is 0 Å². The van der Waals surface area contributed by atoms with E-state index in [0.29, 0.717) is 6.54 Å². The van der Waals surface area contributed by atoms with Gasteiger partial charge in [0.25, 0.3) is 0 Å². The number of benzene rings is 2. The maximum absolute atomic E-state index is 13.4. The van der Waals surface area contributed by atoms with E-state index in [1.807, 2.05) is 18.2 Å². The Bertz CT molecular complexity index is 966. The largest absolute Gasteiger partial charge is 0.350 e. The Morgan fingerprint density at radius 3 is 2.15 bits per heavy atom. The molecule has 134 valence electrons. The molecule has 1 aromatic heterocycles. The SMILES string of the molecule is CC1(C(=O)NCc2ccccn2)CC2c3ccccc3C1c1ccccc12. The third-order valence-electron chi connectivity index (χ3n) is 6.31. The van der Waals surface area contributed by atoms with Crippen molar-refractivity contribution in [2.24, 2.45) is 5.41 Å². The van der Waals surface area contributed by atoms with Crippen molar-refractivity contribution >= 4 is 5.91 Å². The number of fused-ring (bicyclic) bond motifs is 1. The van der Waals surface area contributed by atoms with Gasteiger partial charge in [-0.3, -0.25) is 9.78 Å².